The highest BCUT2D eigenvalue weighted by molar-refractivity contribution is 7.89. The summed E-state index contributed by atoms with van der Waals surface area (Å²) in [6, 6.07) is 9.99. The summed E-state index contributed by atoms with van der Waals surface area (Å²) >= 11 is 0. The van der Waals surface area contributed by atoms with Crippen molar-refractivity contribution >= 4 is 21.6 Å². The van der Waals surface area contributed by atoms with E-state index in [0.717, 1.165) is 11.1 Å². The van der Waals surface area contributed by atoms with Crippen molar-refractivity contribution in [2.75, 3.05) is 25.1 Å². The van der Waals surface area contributed by atoms with E-state index in [0.29, 0.717) is 30.4 Å². The predicted molar refractivity (Wildman–Crippen MR) is 97.2 cm³/mol. The molecule has 0 aromatic heterocycles. The van der Waals surface area contributed by atoms with Crippen LogP contribution in [0.25, 0.3) is 0 Å². The van der Waals surface area contributed by atoms with Crippen LogP contribution < -0.4 is 19.5 Å². The molecule has 1 aliphatic heterocycles. The van der Waals surface area contributed by atoms with E-state index in [9.17, 15) is 13.2 Å². The minimum atomic E-state index is -3.85. The average molecular weight is 376 g/mol. The maximum absolute atomic E-state index is 12.4. The van der Waals surface area contributed by atoms with Gasteiger partial charge in [0.1, 0.15) is 13.2 Å². The van der Waals surface area contributed by atoms with Gasteiger partial charge in [-0.05, 0) is 37.1 Å². The second-order valence-electron chi connectivity index (χ2n) is 5.95. The van der Waals surface area contributed by atoms with E-state index in [1.807, 2.05) is 32.0 Å². The van der Waals surface area contributed by atoms with Crippen LogP contribution in [0.3, 0.4) is 0 Å². The monoisotopic (exact) mass is 376 g/mol. The van der Waals surface area contributed by atoms with Crippen LogP contribution in [-0.4, -0.2) is 34.1 Å². The number of hydrogen-bond donors (Lipinski definition) is 2. The molecule has 3 rings (SSSR count). The number of aryl methyl sites for hydroxylation is 2. The third-order valence-corrected chi connectivity index (χ3v) is 5.39. The molecule has 0 radical (unpaired) electrons. The summed E-state index contributed by atoms with van der Waals surface area (Å²) in [5.41, 5.74) is 2.51. The molecule has 138 valence electrons. The summed E-state index contributed by atoms with van der Waals surface area (Å²) < 4.78 is 37.9. The fourth-order valence-electron chi connectivity index (χ4n) is 2.63. The molecule has 1 aliphatic rings. The van der Waals surface area contributed by atoms with Gasteiger partial charge >= 0.3 is 0 Å². The Labute approximate surface area is 152 Å². The number of ether oxygens (including phenoxy) is 2. The summed E-state index contributed by atoms with van der Waals surface area (Å²) in [5.74, 6) is 0.436. The SMILES string of the molecule is Cc1cccc(C)c1NC(=O)CNS(=O)(=O)c1ccc2c(c1)OCCO2. The maximum atomic E-state index is 12.4. The summed E-state index contributed by atoms with van der Waals surface area (Å²) in [7, 11) is -3.85. The van der Waals surface area contributed by atoms with Crippen molar-refractivity contribution in [3.63, 3.8) is 0 Å². The summed E-state index contributed by atoms with van der Waals surface area (Å²) in [5, 5.41) is 2.74. The third kappa shape index (κ3) is 3.97. The molecule has 7 nitrogen and oxygen atoms in total. The number of amides is 1. The maximum Gasteiger partial charge on any atom is 0.241 e. The van der Waals surface area contributed by atoms with E-state index in [4.69, 9.17) is 9.47 Å². The minimum Gasteiger partial charge on any atom is -0.486 e. The molecule has 1 heterocycles. The van der Waals surface area contributed by atoms with Crippen LogP contribution in [0.15, 0.2) is 41.3 Å². The number of rotatable bonds is 5. The quantitative estimate of drug-likeness (QED) is 0.832. The van der Waals surface area contributed by atoms with E-state index in [-0.39, 0.29) is 11.4 Å². The van der Waals surface area contributed by atoms with Crippen molar-refractivity contribution < 1.29 is 22.7 Å². The zero-order valence-electron chi connectivity index (χ0n) is 14.5. The van der Waals surface area contributed by atoms with Crippen molar-refractivity contribution in [1.29, 1.82) is 0 Å². The Morgan fingerprint density at radius 3 is 2.38 bits per heavy atom. The van der Waals surface area contributed by atoms with Gasteiger partial charge in [0.2, 0.25) is 15.9 Å². The lowest BCUT2D eigenvalue weighted by Gasteiger charge is -2.19. The Kier molecular flexibility index (Phi) is 5.15. The molecular formula is C18H20N2O5S. The number of anilines is 1. The smallest absolute Gasteiger partial charge is 0.241 e. The predicted octanol–water partition coefficient (Wildman–Crippen LogP) is 1.99. The molecule has 0 spiro atoms. The van der Waals surface area contributed by atoms with E-state index in [1.165, 1.54) is 12.1 Å². The summed E-state index contributed by atoms with van der Waals surface area (Å²) in [6.07, 6.45) is 0. The molecule has 0 unspecified atom stereocenters. The number of benzene rings is 2. The zero-order valence-corrected chi connectivity index (χ0v) is 15.4. The standard InChI is InChI=1S/C18H20N2O5S/c1-12-4-3-5-13(2)18(12)20-17(21)11-19-26(22,23)14-6-7-15-16(10-14)25-9-8-24-15/h3-7,10,19H,8-9,11H2,1-2H3,(H,20,21). The lowest BCUT2D eigenvalue weighted by molar-refractivity contribution is -0.115. The van der Waals surface area contributed by atoms with Crippen LogP contribution in [-0.2, 0) is 14.8 Å². The minimum absolute atomic E-state index is 0.0154. The highest BCUT2D eigenvalue weighted by Crippen LogP contribution is 2.32. The number of fused-ring (bicyclic) bond motifs is 1. The van der Waals surface area contributed by atoms with Gasteiger partial charge in [-0.3, -0.25) is 4.79 Å². The summed E-state index contributed by atoms with van der Waals surface area (Å²) in [4.78, 5) is 12.2. The largest absolute Gasteiger partial charge is 0.486 e. The first-order chi connectivity index (χ1) is 12.4. The topological polar surface area (TPSA) is 93.7 Å². The second kappa shape index (κ2) is 7.35. The van der Waals surface area contributed by atoms with Gasteiger partial charge < -0.3 is 14.8 Å². The van der Waals surface area contributed by atoms with Gasteiger partial charge in [-0.1, -0.05) is 18.2 Å². The van der Waals surface area contributed by atoms with Crippen molar-refractivity contribution in [1.82, 2.24) is 4.72 Å². The van der Waals surface area contributed by atoms with Gasteiger partial charge in [0.15, 0.2) is 11.5 Å². The molecule has 8 heteroatoms. The molecule has 0 saturated heterocycles. The van der Waals surface area contributed by atoms with Gasteiger partial charge in [0, 0.05) is 11.8 Å². The van der Waals surface area contributed by atoms with E-state index in [2.05, 4.69) is 10.0 Å². The molecule has 26 heavy (non-hydrogen) atoms. The average Bonchev–Trinajstić information content (AvgIpc) is 2.63. The number of carbonyl (C=O) groups is 1. The third-order valence-electron chi connectivity index (χ3n) is 3.99. The molecule has 0 aliphatic carbocycles. The highest BCUT2D eigenvalue weighted by atomic mass is 32.2. The Morgan fingerprint density at radius 1 is 1.04 bits per heavy atom. The summed E-state index contributed by atoms with van der Waals surface area (Å²) in [6.45, 7) is 4.17. The van der Waals surface area contributed by atoms with E-state index < -0.39 is 15.9 Å². The van der Waals surface area contributed by atoms with E-state index in [1.54, 1.807) is 6.07 Å². The van der Waals surface area contributed by atoms with Crippen LogP contribution in [0, 0.1) is 13.8 Å². The molecule has 0 fully saturated rings. The van der Waals surface area contributed by atoms with Crippen LogP contribution in [0.1, 0.15) is 11.1 Å². The molecule has 2 N–H and O–H groups in total. The molecule has 0 saturated carbocycles. The molecule has 0 atom stereocenters. The molecule has 2 aromatic carbocycles. The van der Waals surface area contributed by atoms with Gasteiger partial charge in [0.05, 0.1) is 11.4 Å². The number of nitrogens with one attached hydrogen (secondary N) is 2. The Morgan fingerprint density at radius 2 is 1.69 bits per heavy atom. The molecular weight excluding hydrogens is 356 g/mol. The Balaban J connectivity index is 1.67. The second-order valence-corrected chi connectivity index (χ2v) is 7.71. The first-order valence-electron chi connectivity index (χ1n) is 8.12. The van der Waals surface area contributed by atoms with E-state index >= 15 is 0 Å². The number of sulfonamides is 1. The lowest BCUT2D eigenvalue weighted by atomic mass is 10.1. The lowest BCUT2D eigenvalue weighted by Crippen LogP contribution is -2.33. The van der Waals surface area contributed by atoms with Crippen LogP contribution >= 0.6 is 0 Å². The Hall–Kier alpha value is -2.58. The normalized spacial score (nSPS) is 13.3. The zero-order chi connectivity index (χ0) is 18.7. The van der Waals surface area contributed by atoms with Gasteiger partial charge in [0.25, 0.3) is 0 Å². The molecule has 0 bridgehead atoms. The fraction of sp³-hybridized carbons (Fsp3) is 0.278. The van der Waals surface area contributed by atoms with Gasteiger partial charge in [-0.2, -0.15) is 0 Å². The number of carbonyl (C=O) groups excluding carboxylic acids is 1. The number of para-hydroxylation sites is 1. The van der Waals surface area contributed by atoms with Crippen LogP contribution in [0.5, 0.6) is 11.5 Å². The van der Waals surface area contributed by atoms with Crippen molar-refractivity contribution in [3.8, 4) is 11.5 Å². The van der Waals surface area contributed by atoms with Crippen LogP contribution in [0.4, 0.5) is 5.69 Å². The van der Waals surface area contributed by atoms with Gasteiger partial charge in [-0.15, -0.1) is 0 Å². The number of hydrogen-bond acceptors (Lipinski definition) is 5. The Bertz CT molecular complexity index is 920. The van der Waals surface area contributed by atoms with Crippen LogP contribution in [0.2, 0.25) is 0 Å². The molecule has 2 aromatic rings. The first kappa shape index (κ1) is 18.2. The highest BCUT2D eigenvalue weighted by Gasteiger charge is 2.20. The van der Waals surface area contributed by atoms with Crippen molar-refractivity contribution in [2.24, 2.45) is 0 Å². The molecule has 1 amide bonds. The van der Waals surface area contributed by atoms with Crippen molar-refractivity contribution in [2.45, 2.75) is 18.7 Å². The fourth-order valence-corrected chi connectivity index (χ4v) is 3.63. The first-order valence-corrected chi connectivity index (χ1v) is 9.60. The van der Waals surface area contributed by atoms with Crippen molar-refractivity contribution in [3.05, 3.63) is 47.5 Å². The van der Waals surface area contributed by atoms with Gasteiger partial charge in [-0.25, -0.2) is 13.1 Å².